The van der Waals surface area contributed by atoms with Crippen molar-refractivity contribution in [1.29, 1.82) is 0 Å². The van der Waals surface area contributed by atoms with E-state index in [0.29, 0.717) is 36.5 Å². The van der Waals surface area contributed by atoms with Crippen molar-refractivity contribution in [3.63, 3.8) is 0 Å². The van der Waals surface area contributed by atoms with Crippen LogP contribution in [-0.2, 0) is 4.79 Å². The van der Waals surface area contributed by atoms with E-state index in [1.165, 1.54) is 12.1 Å². The number of carbonyl (C=O) groups is 1. The fourth-order valence-corrected chi connectivity index (χ4v) is 8.90. The third-order valence-electron chi connectivity index (χ3n) is 9.96. The predicted octanol–water partition coefficient (Wildman–Crippen LogP) is 5.24. The third-order valence-corrected chi connectivity index (χ3v) is 11.2. The maximum absolute atomic E-state index is 16.8. The molecule has 4 aliphatic rings. The van der Waals surface area contributed by atoms with Gasteiger partial charge in [0, 0.05) is 29.6 Å². The van der Waals surface area contributed by atoms with Crippen LogP contribution in [0.5, 0.6) is 6.01 Å². The fraction of sp³-hybridized carbons (Fsp3) is 0.438. The number of fused-ring (bicyclic) bond motifs is 4. The number of aromatic nitrogens is 3. The van der Waals surface area contributed by atoms with Crippen LogP contribution < -0.4 is 15.4 Å². The van der Waals surface area contributed by atoms with E-state index in [1.54, 1.807) is 17.9 Å². The highest BCUT2D eigenvalue weighted by atomic mass is 35.5. The molecule has 4 aromatic rings. The molecule has 2 atom stereocenters. The second-order valence-corrected chi connectivity index (χ2v) is 13.7. The normalized spacial score (nSPS) is 22.0. The molecule has 9 nitrogen and oxygen atoms in total. The summed E-state index contributed by atoms with van der Waals surface area (Å²) < 4.78 is 38.0. The van der Waals surface area contributed by atoms with Crippen molar-refractivity contribution in [3.8, 4) is 29.0 Å². The van der Waals surface area contributed by atoms with E-state index < -0.39 is 11.6 Å². The van der Waals surface area contributed by atoms with Crippen LogP contribution in [0.4, 0.5) is 19.7 Å². The lowest BCUT2D eigenvalue weighted by Gasteiger charge is -2.47. The molecule has 0 radical (unpaired) electrons. The Hall–Kier alpha value is -3.79. The quantitative estimate of drug-likeness (QED) is 0.293. The zero-order valence-corrected chi connectivity index (χ0v) is 26.1. The number of nitrogens with two attached hydrogens (primary N) is 1. The largest absolute Gasteiger partial charge is 0.461 e. The van der Waals surface area contributed by atoms with Crippen molar-refractivity contribution in [2.45, 2.75) is 56.7 Å². The summed E-state index contributed by atoms with van der Waals surface area (Å²) in [7, 11) is 0. The van der Waals surface area contributed by atoms with Gasteiger partial charge in [0.1, 0.15) is 23.8 Å². The molecular weight excluding hydrogens is 620 g/mol. The van der Waals surface area contributed by atoms with Crippen molar-refractivity contribution in [3.05, 3.63) is 34.9 Å². The lowest BCUT2D eigenvalue weighted by atomic mass is 9.95. The predicted molar refractivity (Wildman–Crippen MR) is 170 cm³/mol. The number of hydrogen-bond acceptors (Lipinski definition) is 9. The Morgan fingerprint density at radius 3 is 2.73 bits per heavy atom. The van der Waals surface area contributed by atoms with Gasteiger partial charge in [-0.3, -0.25) is 9.69 Å². The number of carbonyl (C=O) groups excluding carboxylic acids is 1. The Bertz CT molecular complexity index is 1950. The van der Waals surface area contributed by atoms with Crippen LogP contribution in [0.1, 0.15) is 39.0 Å². The first kappa shape index (κ1) is 28.7. The molecule has 4 aliphatic heterocycles. The molecule has 4 saturated heterocycles. The molecule has 8 rings (SSSR count). The lowest BCUT2D eigenvalue weighted by molar-refractivity contribution is -0.126. The number of nitrogen functional groups attached to an aromatic ring is 1. The molecule has 2 N–H and O–H groups in total. The first-order valence-electron chi connectivity index (χ1n) is 15.2. The monoisotopic (exact) mass is 649 g/mol. The third kappa shape index (κ3) is 4.42. The number of amides is 1. The Morgan fingerprint density at radius 1 is 1.16 bits per heavy atom. The van der Waals surface area contributed by atoms with E-state index in [2.05, 4.69) is 31.6 Å². The van der Waals surface area contributed by atoms with Crippen LogP contribution in [0.2, 0.25) is 5.02 Å². The topological polar surface area (TPSA) is 101 Å². The van der Waals surface area contributed by atoms with Gasteiger partial charge < -0.3 is 20.3 Å². The van der Waals surface area contributed by atoms with Crippen molar-refractivity contribution in [1.82, 2.24) is 24.8 Å². The van der Waals surface area contributed by atoms with E-state index in [-0.39, 0.29) is 61.0 Å². The Balaban J connectivity index is 1.24. The van der Waals surface area contributed by atoms with Crippen molar-refractivity contribution in [2.75, 3.05) is 43.4 Å². The molecule has 2 aromatic heterocycles. The molecule has 0 spiro atoms. The zero-order chi connectivity index (χ0) is 31.0. The van der Waals surface area contributed by atoms with Crippen LogP contribution in [0.3, 0.4) is 0 Å². The molecule has 232 valence electrons. The number of hydrogen-bond donors (Lipinski definition) is 1. The molecule has 4 fully saturated rings. The van der Waals surface area contributed by atoms with Crippen LogP contribution in [0, 0.1) is 23.5 Å². The highest BCUT2D eigenvalue weighted by Gasteiger charge is 2.50. The molecule has 13 heteroatoms. The number of nitrogens with zero attached hydrogens (tertiary/aromatic N) is 6. The number of likely N-dealkylation sites (tertiary alicyclic amines) is 1. The standard InChI is InChI=1S/C32H30ClF2N7O2S/c1-2-5-23(43)41-13-8-21-22(41)15-42(21)29-18-14-19(33)24(17-6-7-20(34)28-27(17)37-30(36)45-28)25(35)26(18)38-31(39-29)44-16-32-9-3-11-40(32)12-4-10-32/h6-7,14,21-22H,3-4,8-13,15-16H2,1H3,(H2,36,37). The molecule has 6 heterocycles. The van der Waals surface area contributed by atoms with Gasteiger partial charge in [-0.2, -0.15) is 9.97 Å². The van der Waals surface area contributed by atoms with Crippen LogP contribution >= 0.6 is 22.9 Å². The summed E-state index contributed by atoms with van der Waals surface area (Å²) in [6.45, 7) is 5.26. The van der Waals surface area contributed by atoms with Gasteiger partial charge >= 0.3 is 6.01 Å². The van der Waals surface area contributed by atoms with Crippen molar-refractivity contribution in [2.24, 2.45) is 0 Å². The second kappa shape index (κ2) is 10.6. The number of anilines is 2. The Morgan fingerprint density at radius 2 is 1.96 bits per heavy atom. The summed E-state index contributed by atoms with van der Waals surface area (Å²) in [5.74, 6) is 4.49. The van der Waals surface area contributed by atoms with Gasteiger partial charge in [-0.05, 0) is 76.2 Å². The highest BCUT2D eigenvalue weighted by molar-refractivity contribution is 7.22. The minimum absolute atomic E-state index is 0.00600. The van der Waals surface area contributed by atoms with E-state index in [0.717, 1.165) is 56.5 Å². The van der Waals surface area contributed by atoms with Gasteiger partial charge in [0.15, 0.2) is 10.9 Å². The molecule has 2 aromatic carbocycles. The summed E-state index contributed by atoms with van der Waals surface area (Å²) in [4.78, 5) is 32.7. The average Bonchev–Trinajstić information content (AvgIpc) is 3.76. The van der Waals surface area contributed by atoms with E-state index in [1.807, 2.05) is 0 Å². The summed E-state index contributed by atoms with van der Waals surface area (Å²) in [6.07, 6.45) is 5.05. The Kier molecular flexibility index (Phi) is 6.78. The average molecular weight is 650 g/mol. The number of thiazole rings is 1. The molecule has 0 bridgehead atoms. The number of halogens is 3. The summed E-state index contributed by atoms with van der Waals surface area (Å²) in [6, 6.07) is 4.45. The van der Waals surface area contributed by atoms with Gasteiger partial charge in [0.05, 0.1) is 32.9 Å². The number of rotatable bonds is 5. The number of benzene rings is 2. The smallest absolute Gasteiger partial charge is 0.319 e. The number of ether oxygens (including phenoxy) is 1. The summed E-state index contributed by atoms with van der Waals surface area (Å²) >= 11 is 7.81. The lowest BCUT2D eigenvalue weighted by Crippen LogP contribution is -2.63. The molecule has 1 amide bonds. The SMILES string of the molecule is CC#CC(=O)N1CCC2C1CN2c1nc(OCC23CCCN2CCC3)nc2c(F)c(-c3ccc(F)c4sc(N)nc34)c(Cl)cc12. The van der Waals surface area contributed by atoms with Gasteiger partial charge in [-0.1, -0.05) is 28.9 Å². The first-order valence-corrected chi connectivity index (χ1v) is 16.4. The Labute approximate surface area is 267 Å². The second-order valence-electron chi connectivity index (χ2n) is 12.3. The van der Waals surface area contributed by atoms with Crippen LogP contribution in [0.15, 0.2) is 18.2 Å². The molecule has 2 unspecified atom stereocenters. The maximum Gasteiger partial charge on any atom is 0.319 e. The van der Waals surface area contributed by atoms with E-state index in [9.17, 15) is 9.18 Å². The van der Waals surface area contributed by atoms with Crippen LogP contribution in [-0.4, -0.2) is 81.1 Å². The zero-order valence-electron chi connectivity index (χ0n) is 24.6. The maximum atomic E-state index is 16.8. The van der Waals surface area contributed by atoms with Gasteiger partial charge in [-0.15, -0.1) is 0 Å². The van der Waals surface area contributed by atoms with Crippen LogP contribution in [0.25, 0.3) is 32.2 Å². The molecule has 0 aliphatic carbocycles. The van der Waals surface area contributed by atoms with Crippen molar-refractivity contribution < 1.29 is 18.3 Å². The van der Waals surface area contributed by atoms with E-state index >= 15 is 4.39 Å². The van der Waals surface area contributed by atoms with Gasteiger partial charge in [-0.25, -0.2) is 13.8 Å². The molecule has 0 saturated carbocycles. The minimum Gasteiger partial charge on any atom is -0.461 e. The van der Waals surface area contributed by atoms with Crippen molar-refractivity contribution >= 4 is 60.9 Å². The molecular formula is C32H30ClF2N7O2S. The first-order chi connectivity index (χ1) is 21.8. The summed E-state index contributed by atoms with van der Waals surface area (Å²) in [5.41, 5.74) is 6.53. The van der Waals surface area contributed by atoms with Gasteiger partial charge in [0.25, 0.3) is 5.91 Å². The minimum atomic E-state index is -0.675. The fourth-order valence-electron chi connectivity index (χ4n) is 7.84. The summed E-state index contributed by atoms with van der Waals surface area (Å²) in [5, 5.41) is 0.716. The van der Waals surface area contributed by atoms with Gasteiger partial charge in [0.2, 0.25) is 0 Å². The molecule has 45 heavy (non-hydrogen) atoms. The highest BCUT2D eigenvalue weighted by Crippen LogP contribution is 2.45. The van der Waals surface area contributed by atoms with E-state index in [4.69, 9.17) is 27.1 Å².